The molecule has 11 nitrogen and oxygen atoms in total. The molecule has 5 rings (SSSR count). The van der Waals surface area contributed by atoms with Crippen LogP contribution in [0.3, 0.4) is 0 Å². The maximum atomic E-state index is 6.08. The average Bonchev–Trinajstić information content (AvgIpc) is 3.67. The van der Waals surface area contributed by atoms with Crippen LogP contribution >= 0.6 is 0 Å². The summed E-state index contributed by atoms with van der Waals surface area (Å²) in [6.07, 6.45) is 8.61. The molecule has 1 aliphatic rings. The summed E-state index contributed by atoms with van der Waals surface area (Å²) in [6.45, 7) is 12.4. The lowest BCUT2D eigenvalue weighted by Gasteiger charge is -2.23. The number of pyridine rings is 1. The highest BCUT2D eigenvalue weighted by atomic mass is 28.3. The van der Waals surface area contributed by atoms with Gasteiger partial charge in [-0.1, -0.05) is 50.0 Å². The Labute approximate surface area is 266 Å². The van der Waals surface area contributed by atoms with E-state index in [-0.39, 0.29) is 6.23 Å². The molecule has 244 valence electrons. The summed E-state index contributed by atoms with van der Waals surface area (Å²) >= 11 is 0. The summed E-state index contributed by atoms with van der Waals surface area (Å²) in [5.41, 5.74) is 3.79. The van der Waals surface area contributed by atoms with Crippen LogP contribution in [0.2, 0.25) is 25.7 Å². The number of nitrogens with zero attached hydrogens (tertiary/aromatic N) is 5. The molecule has 1 fully saturated rings. The van der Waals surface area contributed by atoms with Crippen LogP contribution < -0.4 is 4.74 Å². The number of hydrogen-bond acceptors (Lipinski definition) is 9. The molecule has 0 N–H and O–H groups in total. The standard InChI is InChI=1S/C33H47N5O6Si/c1-45(2,3)20-19-42-26-37-24-28(22-35-37)33-29-21-31(34-23-30(29)38(36-33)32-11-7-8-12-44-32)43-18-17-40-14-13-39-15-16-41-25-27-9-5-4-6-10-27/h4-6,9-10,21-24,32H,7-8,11-20,25-26H2,1-3H3. The minimum atomic E-state index is -1.14. The first-order valence-corrected chi connectivity index (χ1v) is 19.7. The summed E-state index contributed by atoms with van der Waals surface area (Å²) < 4.78 is 38.6. The molecule has 1 atom stereocenters. The third-order valence-electron chi connectivity index (χ3n) is 7.46. The molecular weight excluding hydrogens is 590 g/mol. The van der Waals surface area contributed by atoms with Gasteiger partial charge in [-0.15, -0.1) is 0 Å². The minimum Gasteiger partial charge on any atom is -0.475 e. The van der Waals surface area contributed by atoms with Crippen molar-refractivity contribution in [1.29, 1.82) is 0 Å². The molecule has 12 heteroatoms. The Morgan fingerprint density at radius 3 is 2.42 bits per heavy atom. The van der Waals surface area contributed by atoms with Crippen LogP contribution in [0.1, 0.15) is 31.1 Å². The number of rotatable bonds is 19. The van der Waals surface area contributed by atoms with E-state index in [0.717, 1.165) is 66.2 Å². The quantitative estimate of drug-likeness (QED) is 0.0913. The van der Waals surface area contributed by atoms with Gasteiger partial charge >= 0.3 is 0 Å². The minimum absolute atomic E-state index is 0.116. The molecule has 3 aromatic heterocycles. The van der Waals surface area contributed by atoms with Crippen LogP contribution in [-0.2, 0) is 37.0 Å². The topological polar surface area (TPSA) is 104 Å². The third-order valence-corrected chi connectivity index (χ3v) is 9.16. The van der Waals surface area contributed by atoms with Crippen molar-refractivity contribution in [3.63, 3.8) is 0 Å². The van der Waals surface area contributed by atoms with E-state index in [1.807, 2.05) is 64.4 Å². The smallest absolute Gasteiger partial charge is 0.214 e. The number of benzene rings is 1. The first-order chi connectivity index (χ1) is 22.0. The fraction of sp³-hybridized carbons (Fsp3) is 0.545. The molecule has 1 aromatic carbocycles. The van der Waals surface area contributed by atoms with Crippen LogP contribution in [0, 0.1) is 0 Å². The van der Waals surface area contributed by atoms with E-state index >= 15 is 0 Å². The molecule has 0 aliphatic carbocycles. The molecule has 0 spiro atoms. The summed E-state index contributed by atoms with van der Waals surface area (Å²) in [5.74, 6) is 0.519. The van der Waals surface area contributed by atoms with Gasteiger partial charge in [-0.25, -0.2) is 14.3 Å². The van der Waals surface area contributed by atoms with E-state index in [2.05, 4.69) is 29.7 Å². The predicted octanol–water partition coefficient (Wildman–Crippen LogP) is 5.94. The van der Waals surface area contributed by atoms with Gasteiger partial charge in [0.05, 0.1) is 57.6 Å². The lowest BCUT2D eigenvalue weighted by molar-refractivity contribution is -0.0365. The Morgan fingerprint density at radius 1 is 0.889 bits per heavy atom. The first-order valence-electron chi connectivity index (χ1n) is 16.0. The van der Waals surface area contributed by atoms with Crippen LogP contribution in [0.4, 0.5) is 0 Å². The van der Waals surface area contributed by atoms with Crippen molar-refractivity contribution in [2.75, 3.05) is 52.9 Å². The van der Waals surface area contributed by atoms with Crippen LogP contribution in [0.25, 0.3) is 22.2 Å². The molecule has 45 heavy (non-hydrogen) atoms. The molecule has 1 saturated heterocycles. The molecular formula is C33H47N5O6Si. The van der Waals surface area contributed by atoms with Gasteiger partial charge in [-0.2, -0.15) is 10.2 Å². The Kier molecular flexibility index (Phi) is 12.5. The zero-order valence-electron chi connectivity index (χ0n) is 26.9. The number of ether oxygens (including phenoxy) is 6. The Hall–Kier alpha value is -3.13. The van der Waals surface area contributed by atoms with Gasteiger partial charge in [0.1, 0.15) is 19.0 Å². The van der Waals surface area contributed by atoms with E-state index < -0.39 is 8.07 Å². The maximum Gasteiger partial charge on any atom is 0.214 e. The predicted molar refractivity (Wildman–Crippen MR) is 175 cm³/mol. The highest BCUT2D eigenvalue weighted by Gasteiger charge is 2.23. The van der Waals surface area contributed by atoms with Crippen molar-refractivity contribution in [2.45, 2.75) is 64.5 Å². The lowest BCUT2D eigenvalue weighted by Crippen LogP contribution is -2.22. The van der Waals surface area contributed by atoms with Gasteiger partial charge < -0.3 is 28.4 Å². The number of aromatic nitrogens is 5. The van der Waals surface area contributed by atoms with Crippen LogP contribution in [0.5, 0.6) is 5.88 Å². The van der Waals surface area contributed by atoms with Gasteiger partial charge in [0.25, 0.3) is 0 Å². The molecule has 0 saturated carbocycles. The van der Waals surface area contributed by atoms with Crippen LogP contribution in [-0.4, -0.2) is 85.5 Å². The van der Waals surface area contributed by atoms with E-state index in [1.165, 1.54) is 0 Å². The SMILES string of the molecule is C[Si](C)(C)CCOCn1cc(-c2nn(C3CCCCO3)c3cnc(OCCOCCOCCOCc4ccccc4)cc23)cn1. The maximum absolute atomic E-state index is 6.08. The average molecular weight is 638 g/mol. The van der Waals surface area contributed by atoms with Crippen LogP contribution in [0.15, 0.2) is 55.0 Å². The second-order valence-electron chi connectivity index (χ2n) is 12.4. The van der Waals surface area contributed by atoms with Crippen molar-refractivity contribution in [3.05, 3.63) is 60.6 Å². The third kappa shape index (κ3) is 10.4. The second-order valence-corrected chi connectivity index (χ2v) is 18.0. The van der Waals surface area contributed by atoms with E-state index in [9.17, 15) is 0 Å². The zero-order valence-corrected chi connectivity index (χ0v) is 27.9. The van der Waals surface area contributed by atoms with Gasteiger partial charge in [0.2, 0.25) is 5.88 Å². The molecule has 1 aliphatic heterocycles. The Morgan fingerprint density at radius 2 is 1.67 bits per heavy atom. The first kappa shape index (κ1) is 33.2. The van der Waals surface area contributed by atoms with Crippen molar-refractivity contribution in [3.8, 4) is 17.1 Å². The van der Waals surface area contributed by atoms with Gasteiger partial charge in [-0.3, -0.25) is 0 Å². The van der Waals surface area contributed by atoms with E-state index in [1.54, 1.807) is 0 Å². The molecule has 0 bridgehead atoms. The number of hydrogen-bond donors (Lipinski definition) is 0. The normalized spacial score (nSPS) is 15.6. The van der Waals surface area contributed by atoms with Gasteiger partial charge in [0.15, 0.2) is 6.23 Å². The molecule has 1 unspecified atom stereocenters. The van der Waals surface area contributed by atoms with Crippen molar-refractivity contribution < 1.29 is 28.4 Å². The fourth-order valence-corrected chi connectivity index (χ4v) is 5.70. The Bertz CT molecular complexity index is 1430. The summed E-state index contributed by atoms with van der Waals surface area (Å²) in [7, 11) is -1.14. The van der Waals surface area contributed by atoms with Crippen molar-refractivity contribution in [1.82, 2.24) is 24.5 Å². The highest BCUT2D eigenvalue weighted by molar-refractivity contribution is 6.76. The molecule has 4 heterocycles. The van der Waals surface area contributed by atoms with E-state index in [0.29, 0.717) is 58.9 Å². The fourth-order valence-electron chi connectivity index (χ4n) is 4.95. The monoisotopic (exact) mass is 637 g/mol. The lowest BCUT2D eigenvalue weighted by atomic mass is 10.1. The summed E-state index contributed by atoms with van der Waals surface area (Å²) in [5, 5.41) is 10.5. The van der Waals surface area contributed by atoms with Gasteiger partial charge in [-0.05, 0) is 30.9 Å². The highest BCUT2D eigenvalue weighted by Crippen LogP contribution is 2.33. The zero-order chi connectivity index (χ0) is 31.3. The summed E-state index contributed by atoms with van der Waals surface area (Å²) in [6, 6.07) is 13.2. The van der Waals surface area contributed by atoms with Gasteiger partial charge in [0, 0.05) is 44.5 Å². The van der Waals surface area contributed by atoms with Crippen molar-refractivity contribution >= 4 is 19.0 Å². The number of fused-ring (bicyclic) bond motifs is 1. The van der Waals surface area contributed by atoms with Crippen molar-refractivity contribution in [2.24, 2.45) is 0 Å². The molecule has 4 aromatic rings. The summed E-state index contributed by atoms with van der Waals surface area (Å²) in [4.78, 5) is 4.57. The second kappa shape index (κ2) is 17.0. The molecule has 0 amide bonds. The van der Waals surface area contributed by atoms with E-state index in [4.69, 9.17) is 33.5 Å². The molecule has 0 radical (unpaired) electrons. The largest absolute Gasteiger partial charge is 0.475 e. The Balaban J connectivity index is 1.11.